The number of carbonyl (C=O) groups is 1. The van der Waals surface area contributed by atoms with E-state index in [1.807, 2.05) is 42.0 Å². The predicted octanol–water partition coefficient (Wildman–Crippen LogP) is 4.96. The number of nitrogens with zero attached hydrogens (tertiary/aromatic N) is 2. The summed E-state index contributed by atoms with van der Waals surface area (Å²) in [5, 5.41) is 2.63. The normalized spacial score (nSPS) is 12.2. The molecule has 0 spiro atoms. The summed E-state index contributed by atoms with van der Waals surface area (Å²) in [6.07, 6.45) is 5.25. The number of benzene rings is 3. The largest absolute Gasteiger partial charge is 0.346 e. The number of halogens is 2. The smallest absolute Gasteiger partial charge is 0.261 e. The third-order valence-electron chi connectivity index (χ3n) is 5.14. The molecule has 1 aromatic heterocycles. The summed E-state index contributed by atoms with van der Waals surface area (Å²) in [5.41, 5.74) is 2.51. The molecule has 7 nitrogen and oxygen atoms in total. The van der Waals surface area contributed by atoms with Crippen molar-refractivity contribution in [1.82, 2.24) is 14.9 Å². The van der Waals surface area contributed by atoms with Gasteiger partial charge in [0.1, 0.15) is 5.82 Å². The van der Waals surface area contributed by atoms with Gasteiger partial charge in [-0.05, 0) is 67.1 Å². The highest BCUT2D eigenvalue weighted by Gasteiger charge is 2.17. The third-order valence-corrected chi connectivity index (χ3v) is 6.81. The molecule has 3 aromatic carbocycles. The zero-order valence-electron chi connectivity index (χ0n) is 17.9. The van der Waals surface area contributed by atoms with Gasteiger partial charge in [0.25, 0.3) is 15.9 Å². The highest BCUT2D eigenvalue weighted by Crippen LogP contribution is 2.22. The molecule has 0 aliphatic heterocycles. The fourth-order valence-electron chi connectivity index (χ4n) is 3.26. The summed E-state index contributed by atoms with van der Waals surface area (Å²) in [6.45, 7) is 1.88. The molecule has 34 heavy (non-hydrogen) atoms. The molecule has 0 aliphatic rings. The summed E-state index contributed by atoms with van der Waals surface area (Å²) in [7, 11) is -3.97. The molecular weight excluding hydrogens is 479 g/mol. The third kappa shape index (κ3) is 5.27. The van der Waals surface area contributed by atoms with Gasteiger partial charge in [0.15, 0.2) is 0 Å². The Kier molecular flexibility index (Phi) is 6.67. The van der Waals surface area contributed by atoms with E-state index in [1.165, 1.54) is 24.3 Å². The quantitative estimate of drug-likeness (QED) is 0.377. The molecule has 0 fully saturated rings. The number of rotatable bonds is 7. The SMILES string of the molecule is C[C@@H](NC(=O)c1ccc(NS(=O)(=O)c2ccc(F)c(Cl)c2)cc1)c1ccc(-n2ccnc2)cc1. The van der Waals surface area contributed by atoms with Gasteiger partial charge in [0.2, 0.25) is 0 Å². The number of sulfonamides is 1. The lowest BCUT2D eigenvalue weighted by molar-refractivity contribution is 0.0940. The first-order valence-electron chi connectivity index (χ1n) is 10.2. The van der Waals surface area contributed by atoms with E-state index in [1.54, 1.807) is 12.5 Å². The van der Waals surface area contributed by atoms with Crippen molar-refractivity contribution < 1.29 is 17.6 Å². The van der Waals surface area contributed by atoms with Crippen LogP contribution < -0.4 is 10.0 Å². The standard InChI is InChI=1S/C24H20ClFN4O3S/c1-16(17-4-8-20(9-5-17)30-13-12-27-15-30)28-24(31)18-2-6-19(7-3-18)29-34(32,33)21-10-11-23(26)22(25)14-21/h2-16,29H,1H3,(H,28,31)/t16-/m1/s1. The number of aromatic nitrogens is 2. The molecule has 1 heterocycles. The average Bonchev–Trinajstić information content (AvgIpc) is 3.36. The Labute approximate surface area is 201 Å². The Hall–Kier alpha value is -3.69. The van der Waals surface area contributed by atoms with Gasteiger partial charge < -0.3 is 9.88 Å². The molecular formula is C24H20ClFN4O3S. The van der Waals surface area contributed by atoms with Gasteiger partial charge in [-0.1, -0.05) is 23.7 Å². The molecule has 0 unspecified atom stereocenters. The van der Waals surface area contributed by atoms with E-state index in [2.05, 4.69) is 15.0 Å². The Balaban J connectivity index is 1.40. The van der Waals surface area contributed by atoms with Crippen molar-refractivity contribution in [3.05, 3.63) is 107 Å². The highest BCUT2D eigenvalue weighted by atomic mass is 35.5. The maximum absolute atomic E-state index is 13.3. The minimum atomic E-state index is -3.97. The summed E-state index contributed by atoms with van der Waals surface area (Å²) in [6, 6.07) is 16.6. The first kappa shape index (κ1) is 23.5. The number of nitrogens with one attached hydrogen (secondary N) is 2. The second-order valence-corrected chi connectivity index (χ2v) is 9.61. The first-order valence-corrected chi connectivity index (χ1v) is 12.1. The summed E-state index contributed by atoms with van der Waals surface area (Å²) in [5.74, 6) is -1.01. The van der Waals surface area contributed by atoms with Crippen LogP contribution >= 0.6 is 11.6 Å². The van der Waals surface area contributed by atoms with Crippen LogP contribution in [0.3, 0.4) is 0 Å². The molecule has 0 saturated heterocycles. The maximum Gasteiger partial charge on any atom is 0.261 e. The molecule has 0 aliphatic carbocycles. The molecule has 0 bridgehead atoms. The van der Waals surface area contributed by atoms with Gasteiger partial charge in [-0.3, -0.25) is 9.52 Å². The van der Waals surface area contributed by atoms with E-state index in [0.717, 1.165) is 29.4 Å². The monoisotopic (exact) mass is 498 g/mol. The van der Waals surface area contributed by atoms with Crippen molar-refractivity contribution in [1.29, 1.82) is 0 Å². The van der Waals surface area contributed by atoms with E-state index in [4.69, 9.17) is 11.6 Å². The van der Waals surface area contributed by atoms with Crippen LogP contribution in [0, 0.1) is 5.82 Å². The highest BCUT2D eigenvalue weighted by molar-refractivity contribution is 7.92. The number of carbonyl (C=O) groups excluding carboxylic acids is 1. The van der Waals surface area contributed by atoms with Gasteiger partial charge >= 0.3 is 0 Å². The number of hydrogen-bond donors (Lipinski definition) is 2. The average molecular weight is 499 g/mol. The summed E-state index contributed by atoms with van der Waals surface area (Å²) >= 11 is 5.68. The van der Waals surface area contributed by atoms with E-state index in [9.17, 15) is 17.6 Å². The van der Waals surface area contributed by atoms with Gasteiger partial charge in [0, 0.05) is 29.3 Å². The second kappa shape index (κ2) is 9.66. The molecule has 1 amide bonds. The number of imidazole rings is 1. The Morgan fingerprint density at radius 1 is 1.06 bits per heavy atom. The zero-order chi connectivity index (χ0) is 24.3. The van der Waals surface area contributed by atoms with Crippen molar-refractivity contribution in [2.75, 3.05) is 4.72 Å². The first-order chi connectivity index (χ1) is 16.2. The lowest BCUT2D eigenvalue weighted by Gasteiger charge is -2.15. The lowest BCUT2D eigenvalue weighted by Crippen LogP contribution is -2.26. The van der Waals surface area contributed by atoms with Crippen molar-refractivity contribution in [2.45, 2.75) is 17.9 Å². The Morgan fingerprint density at radius 3 is 2.38 bits per heavy atom. The van der Waals surface area contributed by atoms with E-state index < -0.39 is 15.8 Å². The number of hydrogen-bond acceptors (Lipinski definition) is 4. The minimum absolute atomic E-state index is 0.173. The minimum Gasteiger partial charge on any atom is -0.346 e. The summed E-state index contributed by atoms with van der Waals surface area (Å²) < 4.78 is 42.6. The molecule has 4 rings (SSSR count). The van der Waals surface area contributed by atoms with Crippen LogP contribution in [0.5, 0.6) is 0 Å². The van der Waals surface area contributed by atoms with Gasteiger partial charge in [-0.15, -0.1) is 0 Å². The predicted molar refractivity (Wildman–Crippen MR) is 128 cm³/mol. The van der Waals surface area contributed by atoms with Gasteiger partial charge in [-0.2, -0.15) is 0 Å². The van der Waals surface area contributed by atoms with Crippen molar-refractivity contribution in [2.24, 2.45) is 0 Å². The summed E-state index contributed by atoms with van der Waals surface area (Å²) in [4.78, 5) is 16.5. The Morgan fingerprint density at radius 2 is 1.76 bits per heavy atom. The van der Waals surface area contributed by atoms with Gasteiger partial charge in [0.05, 0.1) is 22.3 Å². The van der Waals surface area contributed by atoms with Crippen LogP contribution in [0.1, 0.15) is 28.9 Å². The van der Waals surface area contributed by atoms with Crippen molar-refractivity contribution >= 4 is 33.2 Å². The van der Waals surface area contributed by atoms with Crippen LogP contribution in [0.15, 0.2) is 90.3 Å². The number of anilines is 1. The second-order valence-electron chi connectivity index (χ2n) is 7.52. The molecule has 0 radical (unpaired) electrons. The van der Waals surface area contributed by atoms with Crippen molar-refractivity contribution in [3.63, 3.8) is 0 Å². The van der Waals surface area contributed by atoms with E-state index >= 15 is 0 Å². The molecule has 2 N–H and O–H groups in total. The topological polar surface area (TPSA) is 93.1 Å². The lowest BCUT2D eigenvalue weighted by atomic mass is 10.1. The zero-order valence-corrected chi connectivity index (χ0v) is 19.5. The fourth-order valence-corrected chi connectivity index (χ4v) is 4.59. The number of amides is 1. The van der Waals surface area contributed by atoms with Crippen LogP contribution in [0.2, 0.25) is 5.02 Å². The van der Waals surface area contributed by atoms with Crippen LogP contribution in [-0.4, -0.2) is 23.9 Å². The van der Waals surface area contributed by atoms with Crippen LogP contribution in [0.4, 0.5) is 10.1 Å². The molecule has 174 valence electrons. The maximum atomic E-state index is 13.3. The molecule has 1 atom stereocenters. The molecule has 10 heteroatoms. The van der Waals surface area contributed by atoms with Crippen LogP contribution in [-0.2, 0) is 10.0 Å². The Bertz CT molecular complexity index is 1410. The fraction of sp³-hybridized carbons (Fsp3) is 0.0833. The van der Waals surface area contributed by atoms with E-state index in [0.29, 0.717) is 5.56 Å². The van der Waals surface area contributed by atoms with E-state index in [-0.39, 0.29) is 27.6 Å². The molecule has 0 saturated carbocycles. The van der Waals surface area contributed by atoms with Gasteiger partial charge in [-0.25, -0.2) is 17.8 Å². The van der Waals surface area contributed by atoms with Crippen molar-refractivity contribution in [3.8, 4) is 5.69 Å². The van der Waals surface area contributed by atoms with Crippen LogP contribution in [0.25, 0.3) is 5.69 Å². The molecule has 4 aromatic rings.